The molecule has 7 heteroatoms. The van der Waals surface area contributed by atoms with Crippen molar-refractivity contribution < 1.29 is 9.59 Å². The van der Waals surface area contributed by atoms with E-state index in [1.54, 1.807) is 42.7 Å². The van der Waals surface area contributed by atoms with Crippen LogP contribution < -0.4 is 5.32 Å². The van der Waals surface area contributed by atoms with Gasteiger partial charge in [0.2, 0.25) is 5.91 Å². The minimum atomic E-state index is -0.0518. The number of pyridine rings is 2. The van der Waals surface area contributed by atoms with E-state index in [4.69, 9.17) is 0 Å². The van der Waals surface area contributed by atoms with Gasteiger partial charge in [0.15, 0.2) is 0 Å². The molecule has 0 unspecified atom stereocenters. The third kappa shape index (κ3) is 4.17. The van der Waals surface area contributed by atoms with Crippen molar-refractivity contribution >= 4 is 17.6 Å². The normalized spacial score (nSPS) is 14.7. The van der Waals surface area contributed by atoms with Gasteiger partial charge in [0.25, 0.3) is 5.91 Å². The molecule has 1 fully saturated rings. The number of amides is 2. The molecule has 2 aromatic rings. The maximum Gasteiger partial charge on any atom is 0.257 e. The van der Waals surface area contributed by atoms with E-state index >= 15 is 0 Å². The molecule has 26 heavy (non-hydrogen) atoms. The molecule has 0 bridgehead atoms. The van der Waals surface area contributed by atoms with E-state index in [0.29, 0.717) is 44.0 Å². The molecular weight excluding hydrogens is 330 g/mol. The number of aromatic nitrogens is 2. The number of carbonyl (C=O) groups excluding carboxylic acids is 2. The highest BCUT2D eigenvalue weighted by Crippen LogP contribution is 2.16. The summed E-state index contributed by atoms with van der Waals surface area (Å²) in [6.45, 7) is 2.36. The zero-order valence-electron chi connectivity index (χ0n) is 14.9. The first kappa shape index (κ1) is 17.8. The van der Waals surface area contributed by atoms with Crippen LogP contribution >= 0.6 is 0 Å². The van der Waals surface area contributed by atoms with Crippen LogP contribution in [-0.4, -0.2) is 64.8 Å². The summed E-state index contributed by atoms with van der Waals surface area (Å²) < 4.78 is 0. The molecule has 1 N–H and O–H groups in total. The summed E-state index contributed by atoms with van der Waals surface area (Å²) in [5.74, 6) is 0.597. The Balaban J connectivity index is 1.62. The second kappa shape index (κ2) is 8.42. The molecule has 0 radical (unpaired) electrons. The zero-order valence-corrected chi connectivity index (χ0v) is 14.9. The molecule has 136 valence electrons. The fourth-order valence-corrected chi connectivity index (χ4v) is 3.11. The predicted molar refractivity (Wildman–Crippen MR) is 98.8 cm³/mol. The van der Waals surface area contributed by atoms with Crippen molar-refractivity contribution in [1.29, 1.82) is 0 Å². The van der Waals surface area contributed by atoms with Crippen LogP contribution in [0.15, 0.2) is 42.9 Å². The summed E-state index contributed by atoms with van der Waals surface area (Å²) in [6, 6.07) is 7.27. The lowest BCUT2D eigenvalue weighted by Gasteiger charge is -2.23. The highest BCUT2D eigenvalue weighted by Gasteiger charge is 2.24. The molecule has 0 spiro atoms. The first-order chi connectivity index (χ1) is 12.7. The maximum atomic E-state index is 12.8. The average molecular weight is 353 g/mol. The molecule has 3 rings (SSSR count). The van der Waals surface area contributed by atoms with Gasteiger partial charge >= 0.3 is 0 Å². The summed E-state index contributed by atoms with van der Waals surface area (Å²) >= 11 is 0. The molecule has 0 aliphatic carbocycles. The number of rotatable bonds is 4. The van der Waals surface area contributed by atoms with E-state index < -0.39 is 0 Å². The van der Waals surface area contributed by atoms with Gasteiger partial charge in [0, 0.05) is 51.8 Å². The monoisotopic (exact) mass is 353 g/mol. The van der Waals surface area contributed by atoms with Crippen LogP contribution in [-0.2, 0) is 11.2 Å². The average Bonchev–Trinajstić information content (AvgIpc) is 2.94. The molecule has 2 amide bonds. The molecule has 0 atom stereocenters. The molecule has 1 aliphatic heterocycles. The van der Waals surface area contributed by atoms with Crippen LogP contribution in [0.2, 0.25) is 0 Å². The van der Waals surface area contributed by atoms with Crippen molar-refractivity contribution in [2.45, 2.75) is 12.8 Å². The summed E-state index contributed by atoms with van der Waals surface area (Å²) in [6.07, 6.45) is 6.17. The topological polar surface area (TPSA) is 78.4 Å². The quantitative estimate of drug-likeness (QED) is 0.900. The smallest absolute Gasteiger partial charge is 0.257 e. The van der Waals surface area contributed by atoms with Crippen LogP contribution in [0.4, 0.5) is 5.82 Å². The van der Waals surface area contributed by atoms with E-state index in [0.717, 1.165) is 12.0 Å². The molecule has 1 aliphatic rings. The lowest BCUT2D eigenvalue weighted by molar-refractivity contribution is -0.130. The van der Waals surface area contributed by atoms with Gasteiger partial charge in [-0.05, 0) is 30.2 Å². The van der Waals surface area contributed by atoms with Gasteiger partial charge in [-0.3, -0.25) is 14.6 Å². The predicted octanol–water partition coefficient (Wildman–Crippen LogP) is 1.44. The van der Waals surface area contributed by atoms with E-state index in [-0.39, 0.29) is 11.8 Å². The Labute approximate surface area is 153 Å². The van der Waals surface area contributed by atoms with Gasteiger partial charge in [-0.25, -0.2) is 4.98 Å². The number of anilines is 1. The van der Waals surface area contributed by atoms with Crippen LogP contribution in [0, 0.1) is 0 Å². The maximum absolute atomic E-state index is 12.8. The van der Waals surface area contributed by atoms with Gasteiger partial charge in [-0.15, -0.1) is 0 Å². The minimum absolute atomic E-state index is 0.0518. The zero-order chi connectivity index (χ0) is 18.4. The number of nitrogens with one attached hydrogen (secondary N) is 1. The molecule has 0 aromatic carbocycles. The van der Waals surface area contributed by atoms with Gasteiger partial charge in [-0.2, -0.15) is 0 Å². The second-order valence-corrected chi connectivity index (χ2v) is 6.21. The Morgan fingerprint density at radius 1 is 1.08 bits per heavy atom. The van der Waals surface area contributed by atoms with Crippen molar-refractivity contribution in [2.24, 2.45) is 0 Å². The Morgan fingerprint density at radius 2 is 1.85 bits per heavy atom. The third-order valence-electron chi connectivity index (χ3n) is 4.49. The van der Waals surface area contributed by atoms with E-state index in [9.17, 15) is 9.59 Å². The molecule has 7 nitrogen and oxygen atoms in total. The van der Waals surface area contributed by atoms with Crippen LogP contribution in [0.25, 0.3) is 0 Å². The molecule has 1 saturated heterocycles. The second-order valence-electron chi connectivity index (χ2n) is 6.21. The highest BCUT2D eigenvalue weighted by atomic mass is 16.2. The van der Waals surface area contributed by atoms with Crippen molar-refractivity contribution in [3.63, 3.8) is 0 Å². The summed E-state index contributed by atoms with van der Waals surface area (Å²) in [7, 11) is 1.75. The SMILES string of the molecule is CNc1ncccc1C(=O)N1CCCN(C(=O)Cc2cccnc2)CC1. The van der Waals surface area contributed by atoms with E-state index in [2.05, 4.69) is 15.3 Å². The van der Waals surface area contributed by atoms with Gasteiger partial charge in [0.05, 0.1) is 12.0 Å². The number of hydrogen-bond acceptors (Lipinski definition) is 5. The Morgan fingerprint density at radius 3 is 2.62 bits per heavy atom. The lowest BCUT2D eigenvalue weighted by Crippen LogP contribution is -2.38. The lowest BCUT2D eigenvalue weighted by atomic mass is 10.2. The van der Waals surface area contributed by atoms with Crippen LogP contribution in [0.3, 0.4) is 0 Å². The molecular formula is C19H23N5O2. The van der Waals surface area contributed by atoms with Crippen LogP contribution in [0.1, 0.15) is 22.3 Å². The fraction of sp³-hybridized carbons (Fsp3) is 0.368. The fourth-order valence-electron chi connectivity index (χ4n) is 3.11. The van der Waals surface area contributed by atoms with Gasteiger partial charge < -0.3 is 15.1 Å². The summed E-state index contributed by atoms with van der Waals surface area (Å²) in [5.41, 5.74) is 1.47. The molecule has 0 saturated carbocycles. The van der Waals surface area contributed by atoms with Crippen molar-refractivity contribution in [3.8, 4) is 0 Å². The number of hydrogen-bond donors (Lipinski definition) is 1. The summed E-state index contributed by atoms with van der Waals surface area (Å²) in [4.78, 5) is 37.3. The Kier molecular flexibility index (Phi) is 5.78. The van der Waals surface area contributed by atoms with Gasteiger partial charge in [0.1, 0.15) is 5.82 Å². The van der Waals surface area contributed by atoms with Crippen molar-refractivity contribution in [2.75, 3.05) is 38.5 Å². The van der Waals surface area contributed by atoms with Crippen molar-refractivity contribution in [1.82, 2.24) is 19.8 Å². The Hall–Kier alpha value is -2.96. The number of carbonyl (C=O) groups is 2. The van der Waals surface area contributed by atoms with E-state index in [1.165, 1.54) is 0 Å². The van der Waals surface area contributed by atoms with Crippen LogP contribution in [0.5, 0.6) is 0 Å². The van der Waals surface area contributed by atoms with Gasteiger partial charge in [-0.1, -0.05) is 6.07 Å². The number of nitrogens with zero attached hydrogens (tertiary/aromatic N) is 4. The minimum Gasteiger partial charge on any atom is -0.372 e. The first-order valence-corrected chi connectivity index (χ1v) is 8.78. The standard InChI is InChI=1S/C19H23N5O2/c1-20-18-16(6-3-8-22-18)19(26)24-10-4-9-23(11-12-24)17(25)13-15-5-2-7-21-14-15/h2-3,5-8,14H,4,9-13H2,1H3,(H,20,22). The first-order valence-electron chi connectivity index (χ1n) is 8.78. The van der Waals surface area contributed by atoms with E-state index in [1.807, 2.05) is 17.0 Å². The largest absolute Gasteiger partial charge is 0.372 e. The summed E-state index contributed by atoms with van der Waals surface area (Å²) in [5, 5.41) is 2.96. The Bertz CT molecular complexity index is 766. The van der Waals surface area contributed by atoms with Crippen molar-refractivity contribution in [3.05, 3.63) is 54.0 Å². The third-order valence-corrected chi connectivity index (χ3v) is 4.49. The molecule has 3 heterocycles. The highest BCUT2D eigenvalue weighted by molar-refractivity contribution is 5.98. The molecule has 2 aromatic heterocycles.